The first kappa shape index (κ1) is 20.4. The lowest BCUT2D eigenvalue weighted by atomic mass is 10.1. The van der Waals surface area contributed by atoms with Crippen LogP contribution in [0.25, 0.3) is 0 Å². The minimum Gasteiger partial charge on any atom is -0.454 e. The highest BCUT2D eigenvalue weighted by Crippen LogP contribution is 2.41. The molecule has 0 spiro atoms. The van der Waals surface area contributed by atoms with Crippen LogP contribution in [0.3, 0.4) is 0 Å². The zero-order valence-corrected chi connectivity index (χ0v) is 18.3. The molecule has 0 bridgehead atoms. The van der Waals surface area contributed by atoms with E-state index in [4.69, 9.17) is 9.47 Å². The van der Waals surface area contributed by atoms with Gasteiger partial charge in [-0.15, -0.1) is 0 Å². The Morgan fingerprint density at radius 1 is 1.16 bits per heavy atom. The van der Waals surface area contributed by atoms with E-state index in [1.807, 2.05) is 37.3 Å². The smallest absolute Gasteiger partial charge is 0.261 e. The monoisotopic (exact) mass is 447 g/mol. The molecule has 5 rings (SSSR count). The summed E-state index contributed by atoms with van der Waals surface area (Å²) in [6, 6.07) is 14.6. The van der Waals surface area contributed by atoms with Crippen molar-refractivity contribution >= 4 is 29.3 Å². The van der Waals surface area contributed by atoms with Gasteiger partial charge in [-0.3, -0.25) is 9.59 Å². The molecule has 1 aromatic heterocycles. The zero-order chi connectivity index (χ0) is 22.1. The van der Waals surface area contributed by atoms with Gasteiger partial charge >= 0.3 is 0 Å². The zero-order valence-electron chi connectivity index (χ0n) is 17.5. The van der Waals surface area contributed by atoms with Crippen LogP contribution in [0.5, 0.6) is 11.5 Å². The largest absolute Gasteiger partial charge is 0.454 e. The summed E-state index contributed by atoms with van der Waals surface area (Å²) in [5.41, 5.74) is 2.83. The molecule has 1 N–H and O–H groups in total. The molecule has 0 unspecified atom stereocenters. The molecule has 3 heterocycles. The summed E-state index contributed by atoms with van der Waals surface area (Å²) in [6.07, 6.45) is 2.50. The van der Waals surface area contributed by atoms with Crippen molar-refractivity contribution in [2.24, 2.45) is 0 Å². The van der Waals surface area contributed by atoms with Crippen LogP contribution in [-0.4, -0.2) is 30.1 Å². The molecular weight excluding hydrogens is 426 g/mol. The molecule has 2 aromatic carbocycles. The van der Waals surface area contributed by atoms with Gasteiger partial charge in [0.15, 0.2) is 11.5 Å². The molecule has 0 fully saturated rings. The third-order valence-corrected chi connectivity index (χ3v) is 6.37. The van der Waals surface area contributed by atoms with Crippen molar-refractivity contribution in [3.63, 3.8) is 0 Å². The number of hydrogen-bond acceptors (Lipinski definition) is 6. The van der Waals surface area contributed by atoms with Gasteiger partial charge < -0.3 is 19.7 Å². The average Bonchev–Trinajstić information content (AvgIpc) is 3.25. The predicted octanol–water partition coefficient (Wildman–Crippen LogP) is 4.26. The van der Waals surface area contributed by atoms with Crippen molar-refractivity contribution in [1.82, 2.24) is 10.3 Å². The highest BCUT2D eigenvalue weighted by Gasteiger charge is 2.28. The van der Waals surface area contributed by atoms with E-state index in [0.717, 1.165) is 22.6 Å². The summed E-state index contributed by atoms with van der Waals surface area (Å²) in [4.78, 5) is 33.0. The van der Waals surface area contributed by atoms with Gasteiger partial charge in [-0.2, -0.15) is 0 Å². The Labute approximate surface area is 189 Å². The maximum absolute atomic E-state index is 13.1. The Morgan fingerprint density at radius 3 is 2.91 bits per heavy atom. The second kappa shape index (κ2) is 8.55. The van der Waals surface area contributed by atoms with Crippen LogP contribution in [0, 0.1) is 0 Å². The first-order chi connectivity index (χ1) is 15.6. The predicted molar refractivity (Wildman–Crippen MR) is 121 cm³/mol. The Hall–Kier alpha value is -3.52. The van der Waals surface area contributed by atoms with Crippen molar-refractivity contribution in [2.75, 3.05) is 18.2 Å². The normalized spacial score (nSPS) is 13.9. The molecule has 2 aliphatic heterocycles. The molecule has 0 saturated carbocycles. The molecule has 7 nitrogen and oxygen atoms in total. The van der Waals surface area contributed by atoms with E-state index in [-0.39, 0.29) is 18.6 Å². The third kappa shape index (κ3) is 3.78. The van der Waals surface area contributed by atoms with Gasteiger partial charge in [0, 0.05) is 29.7 Å². The number of nitrogens with zero attached hydrogens (tertiary/aromatic N) is 2. The highest BCUT2D eigenvalue weighted by atomic mass is 32.2. The number of hydrogen-bond donors (Lipinski definition) is 1. The van der Waals surface area contributed by atoms with E-state index in [2.05, 4.69) is 10.3 Å². The molecule has 32 heavy (non-hydrogen) atoms. The average molecular weight is 448 g/mol. The fourth-order valence-corrected chi connectivity index (χ4v) is 4.79. The lowest BCUT2D eigenvalue weighted by molar-refractivity contribution is 0.0949. The number of nitrogens with one attached hydrogen (secondary N) is 1. The van der Waals surface area contributed by atoms with Crippen LogP contribution in [0.4, 0.5) is 5.69 Å². The van der Waals surface area contributed by atoms with Gasteiger partial charge in [0.05, 0.1) is 11.3 Å². The number of pyridine rings is 1. The summed E-state index contributed by atoms with van der Waals surface area (Å²) in [7, 11) is 0. The lowest BCUT2D eigenvalue weighted by Crippen LogP contribution is -2.31. The van der Waals surface area contributed by atoms with E-state index in [9.17, 15) is 9.59 Å². The Bertz CT molecular complexity index is 1210. The SMILES string of the molecule is CCCN1C(=O)c2cccnc2Sc2cc(C(=O)NCc3ccc4c(c3)OCO4)ccc21. The Kier molecular flexibility index (Phi) is 5.45. The molecule has 2 amide bonds. The number of fused-ring (bicyclic) bond motifs is 3. The molecule has 2 aliphatic rings. The Balaban J connectivity index is 1.39. The first-order valence-electron chi connectivity index (χ1n) is 10.4. The quantitative estimate of drug-likeness (QED) is 0.629. The van der Waals surface area contributed by atoms with Crippen molar-refractivity contribution in [3.05, 3.63) is 71.4 Å². The molecular formula is C24H21N3O4S. The molecule has 0 saturated heterocycles. The number of benzene rings is 2. The summed E-state index contributed by atoms with van der Waals surface area (Å²) < 4.78 is 10.7. The Morgan fingerprint density at radius 2 is 2.03 bits per heavy atom. The molecule has 0 radical (unpaired) electrons. The summed E-state index contributed by atoms with van der Waals surface area (Å²) in [5.74, 6) is 1.14. The summed E-state index contributed by atoms with van der Waals surface area (Å²) >= 11 is 1.41. The van der Waals surface area contributed by atoms with Crippen molar-refractivity contribution in [2.45, 2.75) is 29.8 Å². The van der Waals surface area contributed by atoms with Crippen LogP contribution in [0.2, 0.25) is 0 Å². The maximum atomic E-state index is 13.1. The number of amides is 2. The summed E-state index contributed by atoms with van der Waals surface area (Å²) in [6.45, 7) is 3.21. The number of anilines is 1. The van der Waals surface area contributed by atoms with Crippen molar-refractivity contribution in [3.8, 4) is 11.5 Å². The number of aromatic nitrogens is 1. The van der Waals surface area contributed by atoms with Gasteiger partial charge in [-0.25, -0.2) is 4.98 Å². The van der Waals surface area contributed by atoms with Crippen molar-refractivity contribution < 1.29 is 19.1 Å². The highest BCUT2D eigenvalue weighted by molar-refractivity contribution is 7.99. The topological polar surface area (TPSA) is 80.8 Å². The van der Waals surface area contributed by atoms with Crippen LogP contribution in [0.1, 0.15) is 39.6 Å². The minimum absolute atomic E-state index is 0.0683. The lowest BCUT2D eigenvalue weighted by Gasteiger charge is -2.22. The van der Waals surface area contributed by atoms with Gasteiger partial charge in [-0.05, 0) is 54.4 Å². The number of carbonyl (C=O) groups is 2. The standard InChI is InChI=1S/C24H21N3O4S/c1-2-10-27-18-7-6-16(12-21(18)32-23-17(24(27)29)4-3-9-25-23)22(28)26-13-15-5-8-19-20(11-15)31-14-30-19/h3-9,11-12H,2,10,13-14H2,1H3,(H,26,28). The molecule has 0 atom stereocenters. The first-order valence-corrected chi connectivity index (χ1v) is 11.2. The fourth-order valence-electron chi connectivity index (χ4n) is 3.73. The van der Waals surface area contributed by atoms with E-state index in [1.165, 1.54) is 11.8 Å². The second-order valence-corrected chi connectivity index (χ2v) is 8.50. The minimum atomic E-state index is -0.190. The molecule has 3 aromatic rings. The van der Waals surface area contributed by atoms with E-state index < -0.39 is 0 Å². The van der Waals surface area contributed by atoms with Gasteiger partial charge in [-0.1, -0.05) is 24.8 Å². The van der Waals surface area contributed by atoms with Gasteiger partial charge in [0.25, 0.3) is 11.8 Å². The molecule has 0 aliphatic carbocycles. The van der Waals surface area contributed by atoms with E-state index >= 15 is 0 Å². The number of ether oxygens (including phenoxy) is 2. The third-order valence-electron chi connectivity index (χ3n) is 5.30. The van der Waals surface area contributed by atoms with E-state index in [0.29, 0.717) is 40.7 Å². The van der Waals surface area contributed by atoms with Crippen LogP contribution < -0.4 is 19.7 Å². The molecule has 162 valence electrons. The number of rotatable bonds is 5. The van der Waals surface area contributed by atoms with Crippen molar-refractivity contribution in [1.29, 1.82) is 0 Å². The summed E-state index contributed by atoms with van der Waals surface area (Å²) in [5, 5.41) is 3.60. The number of carbonyl (C=O) groups excluding carboxylic acids is 2. The van der Waals surface area contributed by atoms with Crippen LogP contribution in [0.15, 0.2) is 64.6 Å². The fraction of sp³-hybridized carbons (Fsp3) is 0.208. The van der Waals surface area contributed by atoms with Crippen LogP contribution >= 0.6 is 11.8 Å². The maximum Gasteiger partial charge on any atom is 0.261 e. The molecule has 8 heteroatoms. The second-order valence-electron chi connectivity index (χ2n) is 7.47. The van der Waals surface area contributed by atoms with Gasteiger partial charge in [0.2, 0.25) is 6.79 Å². The van der Waals surface area contributed by atoms with Gasteiger partial charge in [0.1, 0.15) is 5.03 Å². The van der Waals surface area contributed by atoms with E-state index in [1.54, 1.807) is 29.3 Å². The van der Waals surface area contributed by atoms with Crippen LogP contribution in [-0.2, 0) is 6.54 Å².